The molecule has 2 nitrogen and oxygen atoms in total. The van der Waals surface area contributed by atoms with Gasteiger partial charge < -0.3 is 10.2 Å². The van der Waals surface area contributed by atoms with Crippen LogP contribution in [0.25, 0.3) is 0 Å². The Morgan fingerprint density at radius 3 is 0.820 bits per heavy atom. The molecular weight excluding hydrogens is 637 g/mol. The summed E-state index contributed by atoms with van der Waals surface area (Å²) < 4.78 is 0. The van der Waals surface area contributed by atoms with Crippen LogP contribution < -0.4 is 10.2 Å². The first-order valence-electron chi connectivity index (χ1n) is 21.7. The van der Waals surface area contributed by atoms with Crippen molar-refractivity contribution in [1.29, 1.82) is 0 Å². The molecule has 2 rings (SSSR count). The average molecular weight is 715 g/mol. The van der Waals surface area contributed by atoms with Gasteiger partial charge in [0, 0.05) is 0 Å². The molecule has 0 spiro atoms. The molecule has 0 amide bonds. The van der Waals surface area contributed by atoms with Crippen LogP contribution in [0.15, 0.2) is 36.4 Å². The number of unbranched alkanes of at least 4 members (excludes halogenated alkanes) is 28. The molecule has 2 aromatic rings. The van der Waals surface area contributed by atoms with Gasteiger partial charge in [-0.15, -0.1) is 11.5 Å². The van der Waals surface area contributed by atoms with E-state index in [1.165, 1.54) is 180 Å². The van der Waals surface area contributed by atoms with Crippen LogP contribution in [-0.4, -0.2) is 37.7 Å². The summed E-state index contributed by atoms with van der Waals surface area (Å²) in [6.45, 7) is 4.57. The van der Waals surface area contributed by atoms with Crippen molar-refractivity contribution in [1.82, 2.24) is 0 Å². The van der Waals surface area contributed by atoms with Crippen molar-refractivity contribution in [2.24, 2.45) is 0 Å². The first-order valence-corrected chi connectivity index (χ1v) is 21.7. The zero-order valence-corrected chi connectivity index (χ0v) is 35.5. The molecule has 0 heterocycles. The van der Waals surface area contributed by atoms with Gasteiger partial charge in [0.25, 0.3) is 0 Å². The minimum absolute atomic E-state index is 0. The van der Waals surface area contributed by atoms with Crippen LogP contribution >= 0.6 is 0 Å². The van der Waals surface area contributed by atoms with E-state index in [9.17, 15) is 10.2 Å². The molecule has 3 heteroatoms. The van der Waals surface area contributed by atoms with Crippen LogP contribution in [0.4, 0.5) is 0 Å². The molecule has 0 saturated heterocycles. The normalized spacial score (nSPS) is 11.2. The molecule has 0 N–H and O–H groups in total. The molecular formula is C47H78CaO2. The average Bonchev–Trinajstić information content (AvgIpc) is 3.10. The van der Waals surface area contributed by atoms with Crippen LogP contribution in [0.5, 0.6) is 11.5 Å². The van der Waals surface area contributed by atoms with Crippen LogP contribution in [0.1, 0.15) is 229 Å². The summed E-state index contributed by atoms with van der Waals surface area (Å²) in [7, 11) is 0. The largest absolute Gasteiger partial charge is 2.00 e. The summed E-state index contributed by atoms with van der Waals surface area (Å²) in [6.07, 6.45) is 43.5. The summed E-state index contributed by atoms with van der Waals surface area (Å²) in [4.78, 5) is 0. The van der Waals surface area contributed by atoms with Gasteiger partial charge in [0.15, 0.2) is 0 Å². The first-order chi connectivity index (χ1) is 24.1. The van der Waals surface area contributed by atoms with E-state index in [0.29, 0.717) is 6.42 Å². The van der Waals surface area contributed by atoms with E-state index in [-0.39, 0.29) is 49.2 Å². The summed E-state index contributed by atoms with van der Waals surface area (Å²) >= 11 is 0. The van der Waals surface area contributed by atoms with E-state index in [2.05, 4.69) is 26.0 Å². The van der Waals surface area contributed by atoms with E-state index in [4.69, 9.17) is 0 Å². The van der Waals surface area contributed by atoms with Crippen molar-refractivity contribution < 1.29 is 10.2 Å². The van der Waals surface area contributed by atoms with E-state index >= 15 is 0 Å². The van der Waals surface area contributed by atoms with Crippen molar-refractivity contribution >= 4 is 37.7 Å². The second-order valence-corrected chi connectivity index (χ2v) is 15.5. The van der Waals surface area contributed by atoms with Crippen LogP contribution in [-0.2, 0) is 19.3 Å². The number of rotatable bonds is 34. The van der Waals surface area contributed by atoms with Gasteiger partial charge in [-0.2, -0.15) is 0 Å². The number of hydrogen-bond acceptors (Lipinski definition) is 2. The molecule has 50 heavy (non-hydrogen) atoms. The molecule has 0 aliphatic rings. The molecule has 0 aliphatic heterocycles. The molecule has 0 fully saturated rings. The summed E-state index contributed by atoms with van der Waals surface area (Å²) in [6, 6.07) is 11.8. The molecule has 0 radical (unpaired) electrons. The maximum atomic E-state index is 12.8. The second kappa shape index (κ2) is 34.1. The van der Waals surface area contributed by atoms with Gasteiger partial charge >= 0.3 is 37.7 Å². The Labute approximate surface area is 341 Å². The number of aryl methyl sites for hydroxylation is 2. The zero-order valence-electron chi connectivity index (χ0n) is 33.3. The van der Waals surface area contributed by atoms with Crippen molar-refractivity contribution in [2.75, 3.05) is 0 Å². The van der Waals surface area contributed by atoms with E-state index in [0.717, 1.165) is 47.9 Å². The van der Waals surface area contributed by atoms with E-state index in [1.54, 1.807) is 0 Å². The Morgan fingerprint density at radius 2 is 0.580 bits per heavy atom. The van der Waals surface area contributed by atoms with E-state index in [1.807, 2.05) is 24.3 Å². The van der Waals surface area contributed by atoms with Gasteiger partial charge in [-0.05, 0) is 43.2 Å². The van der Waals surface area contributed by atoms with Crippen molar-refractivity contribution in [2.45, 2.75) is 226 Å². The molecule has 0 aliphatic carbocycles. The Hall–Kier alpha value is -0.700. The van der Waals surface area contributed by atoms with Gasteiger partial charge in [0.05, 0.1) is 0 Å². The van der Waals surface area contributed by atoms with Crippen LogP contribution in [0, 0.1) is 0 Å². The Bertz CT molecular complexity index is 952. The van der Waals surface area contributed by atoms with Gasteiger partial charge in [0.1, 0.15) is 0 Å². The third-order valence-corrected chi connectivity index (χ3v) is 10.8. The van der Waals surface area contributed by atoms with Crippen LogP contribution in [0.3, 0.4) is 0 Å². The molecule has 280 valence electrons. The predicted molar refractivity (Wildman–Crippen MR) is 218 cm³/mol. The minimum Gasteiger partial charge on any atom is -0.872 e. The fraction of sp³-hybridized carbons (Fsp3) is 0.745. The molecule has 0 saturated carbocycles. The van der Waals surface area contributed by atoms with Gasteiger partial charge in [0.2, 0.25) is 0 Å². The Morgan fingerprint density at radius 1 is 0.340 bits per heavy atom. The zero-order chi connectivity index (χ0) is 35.0. The molecule has 2 aromatic carbocycles. The smallest absolute Gasteiger partial charge is 0.872 e. The standard InChI is InChI=1S/C47H80O2.Ca/c1-3-5-7-9-11-13-15-17-19-21-23-25-27-29-31-33-42-35-37-44(46(48)39-42)41-45-38-36-43(40-47(45)49)34-32-30-28-26-24-22-20-18-16-14-12-10-8-6-4-2;/h35-40,48-49H,3-34,41H2,1-2H3;/q;+2/p-2. The topological polar surface area (TPSA) is 46.1 Å². The Balaban J connectivity index is 0.0000125. The van der Waals surface area contributed by atoms with Gasteiger partial charge in [-0.25, -0.2) is 0 Å². The molecule has 0 atom stereocenters. The van der Waals surface area contributed by atoms with Gasteiger partial charge in [-0.3, -0.25) is 0 Å². The fourth-order valence-corrected chi connectivity index (χ4v) is 7.41. The maximum Gasteiger partial charge on any atom is 2.00 e. The maximum absolute atomic E-state index is 12.8. The SMILES string of the molecule is CCCCCCCCCCCCCCCCCc1ccc(Cc2ccc(CCCCCCCCCCCCCCCCC)cc2[O-])c([O-])c1.[Ca+2]. The summed E-state index contributed by atoms with van der Waals surface area (Å²) in [5, 5.41) is 25.7. The molecule has 0 bridgehead atoms. The monoisotopic (exact) mass is 715 g/mol. The number of hydrogen-bond donors (Lipinski definition) is 0. The third kappa shape index (κ3) is 25.3. The van der Waals surface area contributed by atoms with Crippen molar-refractivity contribution in [3.63, 3.8) is 0 Å². The van der Waals surface area contributed by atoms with Crippen molar-refractivity contribution in [3.8, 4) is 11.5 Å². The second-order valence-electron chi connectivity index (χ2n) is 15.5. The summed E-state index contributed by atoms with van der Waals surface area (Å²) in [5.41, 5.74) is 3.77. The molecule has 0 aromatic heterocycles. The third-order valence-electron chi connectivity index (χ3n) is 10.8. The first kappa shape index (κ1) is 47.3. The predicted octanol–water partition coefficient (Wildman–Crippen LogP) is 13.9. The quantitative estimate of drug-likeness (QED) is 0.0535. The minimum atomic E-state index is 0. The van der Waals surface area contributed by atoms with Crippen LogP contribution in [0.2, 0.25) is 0 Å². The van der Waals surface area contributed by atoms with Gasteiger partial charge in [-0.1, -0.05) is 241 Å². The van der Waals surface area contributed by atoms with Crippen molar-refractivity contribution in [3.05, 3.63) is 58.7 Å². The number of benzene rings is 2. The molecule has 0 unspecified atom stereocenters. The Kier molecular flexibility index (Phi) is 32.3. The fourth-order valence-electron chi connectivity index (χ4n) is 7.41. The summed E-state index contributed by atoms with van der Waals surface area (Å²) in [5.74, 6) is 0.166. The van der Waals surface area contributed by atoms with E-state index < -0.39 is 0 Å².